The quantitative estimate of drug-likeness (QED) is 0.938. The molecule has 1 heterocycles. The minimum absolute atomic E-state index is 0.0557. The Hall–Kier alpha value is -1.82. The van der Waals surface area contributed by atoms with E-state index in [1.165, 1.54) is 0 Å². The summed E-state index contributed by atoms with van der Waals surface area (Å²) in [5.74, 6) is -0.182. The van der Waals surface area contributed by atoms with Crippen LogP contribution < -0.4 is 4.74 Å². The van der Waals surface area contributed by atoms with Crippen LogP contribution in [0.15, 0.2) is 28.7 Å². The summed E-state index contributed by atoms with van der Waals surface area (Å²) in [5, 5.41) is 13.2. The Kier molecular flexibility index (Phi) is 3.90. The fraction of sp³-hybridized carbons (Fsp3) is 0.231. The molecule has 0 bridgehead atoms. The van der Waals surface area contributed by atoms with E-state index in [2.05, 4.69) is 21.0 Å². The van der Waals surface area contributed by atoms with Gasteiger partial charge in [0.15, 0.2) is 0 Å². The van der Waals surface area contributed by atoms with Crippen LogP contribution in [0.3, 0.4) is 0 Å². The molecule has 6 heteroatoms. The number of carboxylic acids is 1. The van der Waals surface area contributed by atoms with Crippen LogP contribution >= 0.6 is 15.9 Å². The molecule has 19 heavy (non-hydrogen) atoms. The molecular formula is C13H13BrN2O3. The molecule has 0 aliphatic rings. The number of aryl methyl sites for hydroxylation is 1. The minimum atomic E-state index is -0.879. The second-order valence-electron chi connectivity index (χ2n) is 4.06. The zero-order valence-electron chi connectivity index (χ0n) is 10.6. The summed E-state index contributed by atoms with van der Waals surface area (Å²) in [6.45, 7) is 0. The van der Waals surface area contributed by atoms with Gasteiger partial charge in [-0.25, -0.2) is 0 Å². The minimum Gasteiger partial charge on any atom is -0.496 e. The molecule has 0 saturated carbocycles. The molecule has 2 aromatic rings. The first-order chi connectivity index (χ1) is 9.01. The molecule has 0 unspecified atom stereocenters. The van der Waals surface area contributed by atoms with Gasteiger partial charge in [-0.1, -0.05) is 15.9 Å². The zero-order valence-corrected chi connectivity index (χ0v) is 12.1. The fourth-order valence-corrected chi connectivity index (χ4v) is 2.20. The van der Waals surface area contributed by atoms with Crippen molar-refractivity contribution < 1.29 is 14.6 Å². The van der Waals surface area contributed by atoms with E-state index in [-0.39, 0.29) is 6.42 Å². The lowest BCUT2D eigenvalue weighted by Gasteiger charge is -2.06. The van der Waals surface area contributed by atoms with Crippen LogP contribution in [0.1, 0.15) is 5.69 Å². The fourth-order valence-electron chi connectivity index (χ4n) is 1.84. The van der Waals surface area contributed by atoms with Crippen LogP contribution in [0.2, 0.25) is 0 Å². The van der Waals surface area contributed by atoms with Gasteiger partial charge in [0.25, 0.3) is 0 Å². The Morgan fingerprint density at radius 2 is 2.21 bits per heavy atom. The molecule has 1 aromatic carbocycles. The molecule has 100 valence electrons. The third-order valence-corrected chi connectivity index (χ3v) is 3.24. The second kappa shape index (κ2) is 5.44. The van der Waals surface area contributed by atoms with Crippen molar-refractivity contribution >= 4 is 21.9 Å². The summed E-state index contributed by atoms with van der Waals surface area (Å²) in [6, 6.07) is 7.37. The third kappa shape index (κ3) is 2.96. The highest BCUT2D eigenvalue weighted by Crippen LogP contribution is 2.32. The number of carbonyl (C=O) groups is 1. The van der Waals surface area contributed by atoms with Crippen molar-refractivity contribution in [3.63, 3.8) is 0 Å². The number of nitrogens with zero attached hydrogens (tertiary/aromatic N) is 2. The van der Waals surface area contributed by atoms with Crippen molar-refractivity contribution in [1.29, 1.82) is 0 Å². The van der Waals surface area contributed by atoms with Crippen molar-refractivity contribution in [1.82, 2.24) is 9.78 Å². The predicted octanol–water partition coefficient (Wildman–Crippen LogP) is 2.49. The lowest BCUT2D eigenvalue weighted by molar-refractivity contribution is -0.136. The van der Waals surface area contributed by atoms with E-state index in [9.17, 15) is 4.79 Å². The number of benzene rings is 1. The van der Waals surface area contributed by atoms with E-state index >= 15 is 0 Å². The number of aromatic nitrogens is 2. The average Bonchev–Trinajstić information content (AvgIpc) is 2.70. The average molecular weight is 325 g/mol. The summed E-state index contributed by atoms with van der Waals surface area (Å²) in [5.41, 5.74) is 2.16. The van der Waals surface area contributed by atoms with Crippen LogP contribution in [0, 0.1) is 0 Å². The molecule has 0 saturated heterocycles. The van der Waals surface area contributed by atoms with Crippen LogP contribution in [0.5, 0.6) is 5.75 Å². The Morgan fingerprint density at radius 1 is 1.47 bits per heavy atom. The van der Waals surface area contributed by atoms with Crippen molar-refractivity contribution in [2.24, 2.45) is 7.05 Å². The zero-order chi connectivity index (χ0) is 14.0. The Bertz CT molecular complexity index is 622. The first kappa shape index (κ1) is 13.6. The van der Waals surface area contributed by atoms with E-state index in [1.54, 1.807) is 24.9 Å². The molecule has 0 spiro atoms. The summed E-state index contributed by atoms with van der Waals surface area (Å²) in [6.07, 6.45) is -0.0557. The van der Waals surface area contributed by atoms with Crippen LogP contribution in [-0.4, -0.2) is 28.0 Å². The van der Waals surface area contributed by atoms with Gasteiger partial charge in [0.1, 0.15) is 5.75 Å². The maximum absolute atomic E-state index is 10.8. The Morgan fingerprint density at radius 3 is 2.84 bits per heavy atom. The van der Waals surface area contributed by atoms with Crippen LogP contribution in [0.4, 0.5) is 0 Å². The summed E-state index contributed by atoms with van der Waals surface area (Å²) < 4.78 is 7.78. The van der Waals surface area contributed by atoms with Gasteiger partial charge in [-0.2, -0.15) is 5.10 Å². The van der Waals surface area contributed by atoms with E-state index < -0.39 is 5.97 Å². The van der Waals surface area contributed by atoms with E-state index in [0.29, 0.717) is 17.1 Å². The normalized spacial score (nSPS) is 10.5. The second-order valence-corrected chi connectivity index (χ2v) is 4.98. The number of ether oxygens (including phenoxy) is 1. The number of rotatable bonds is 4. The molecule has 2 rings (SSSR count). The topological polar surface area (TPSA) is 64.3 Å². The van der Waals surface area contributed by atoms with Gasteiger partial charge in [0.05, 0.1) is 19.2 Å². The third-order valence-electron chi connectivity index (χ3n) is 2.75. The smallest absolute Gasteiger partial charge is 0.309 e. The molecule has 0 aliphatic carbocycles. The summed E-state index contributed by atoms with van der Waals surface area (Å²) in [7, 11) is 3.32. The predicted molar refractivity (Wildman–Crippen MR) is 74.2 cm³/mol. The van der Waals surface area contributed by atoms with Gasteiger partial charge in [-0.3, -0.25) is 9.48 Å². The molecule has 0 atom stereocenters. The first-order valence-corrected chi connectivity index (χ1v) is 6.39. The molecule has 0 fully saturated rings. The maximum Gasteiger partial charge on any atom is 0.309 e. The van der Waals surface area contributed by atoms with Gasteiger partial charge >= 0.3 is 5.97 Å². The number of hydrogen-bond acceptors (Lipinski definition) is 3. The maximum atomic E-state index is 10.8. The highest BCUT2D eigenvalue weighted by molar-refractivity contribution is 9.10. The van der Waals surface area contributed by atoms with E-state index in [0.717, 1.165) is 10.0 Å². The number of hydrogen-bond donors (Lipinski definition) is 1. The van der Waals surface area contributed by atoms with Crippen molar-refractivity contribution in [3.05, 3.63) is 34.4 Å². The number of carboxylic acid groups (broad SMARTS) is 1. The van der Waals surface area contributed by atoms with Crippen molar-refractivity contribution in [3.8, 4) is 17.0 Å². The molecule has 0 aliphatic heterocycles. The monoisotopic (exact) mass is 324 g/mol. The molecule has 5 nitrogen and oxygen atoms in total. The first-order valence-electron chi connectivity index (χ1n) is 5.60. The number of aliphatic carboxylic acids is 1. The van der Waals surface area contributed by atoms with Crippen LogP contribution in [-0.2, 0) is 18.3 Å². The standard InChI is InChI=1S/C13H13BrN2O3/c1-16-9(7-13(17)18)6-11(15-16)10-5-8(14)3-4-12(10)19-2/h3-6H,7H2,1-2H3,(H,17,18). The molecule has 1 aromatic heterocycles. The van der Waals surface area contributed by atoms with Crippen molar-refractivity contribution in [2.75, 3.05) is 7.11 Å². The lowest BCUT2D eigenvalue weighted by Crippen LogP contribution is -2.05. The Labute approximate surface area is 118 Å². The molecule has 0 amide bonds. The van der Waals surface area contributed by atoms with Gasteiger partial charge in [-0.05, 0) is 24.3 Å². The van der Waals surface area contributed by atoms with Gasteiger partial charge in [-0.15, -0.1) is 0 Å². The van der Waals surface area contributed by atoms with E-state index in [4.69, 9.17) is 9.84 Å². The lowest BCUT2D eigenvalue weighted by atomic mass is 10.1. The van der Waals surface area contributed by atoms with Gasteiger partial charge in [0, 0.05) is 22.8 Å². The van der Waals surface area contributed by atoms with Crippen LogP contribution in [0.25, 0.3) is 11.3 Å². The Balaban J connectivity index is 2.47. The van der Waals surface area contributed by atoms with Gasteiger partial charge < -0.3 is 9.84 Å². The highest BCUT2D eigenvalue weighted by Gasteiger charge is 2.14. The highest BCUT2D eigenvalue weighted by atomic mass is 79.9. The van der Waals surface area contributed by atoms with Gasteiger partial charge in [0.2, 0.25) is 0 Å². The molecular weight excluding hydrogens is 312 g/mol. The van der Waals surface area contributed by atoms with Crippen molar-refractivity contribution in [2.45, 2.75) is 6.42 Å². The SMILES string of the molecule is COc1ccc(Br)cc1-c1cc(CC(=O)O)n(C)n1. The van der Waals surface area contributed by atoms with E-state index in [1.807, 2.05) is 18.2 Å². The number of methoxy groups -OCH3 is 1. The number of halogens is 1. The summed E-state index contributed by atoms with van der Waals surface area (Å²) in [4.78, 5) is 10.8. The molecule has 0 radical (unpaired) electrons. The molecule has 1 N–H and O–H groups in total. The largest absolute Gasteiger partial charge is 0.496 e. The summed E-state index contributed by atoms with van der Waals surface area (Å²) >= 11 is 3.40.